The molecule has 0 amide bonds. The van der Waals surface area contributed by atoms with Crippen LogP contribution in [0.2, 0.25) is 0 Å². The van der Waals surface area contributed by atoms with E-state index in [2.05, 4.69) is 9.47 Å². The van der Waals surface area contributed by atoms with Crippen LogP contribution < -0.4 is 0 Å². The molecule has 0 aromatic rings. The molecule has 0 aliphatic heterocycles. The average Bonchev–Trinajstić information content (AvgIpc) is 1.89. The zero-order valence-electron chi connectivity index (χ0n) is 5.42. The van der Waals surface area contributed by atoms with Crippen LogP contribution in [0.4, 0.5) is 4.79 Å². The third kappa shape index (κ3) is 4.65. The van der Waals surface area contributed by atoms with Crippen molar-refractivity contribution in [3.05, 3.63) is 12.0 Å². The summed E-state index contributed by atoms with van der Waals surface area (Å²) in [6.45, 7) is 1.87. The van der Waals surface area contributed by atoms with Crippen molar-refractivity contribution in [3.8, 4) is 0 Å². The Morgan fingerprint density at radius 3 is 2.90 bits per heavy atom. The van der Waals surface area contributed by atoms with Crippen molar-refractivity contribution in [3.63, 3.8) is 0 Å². The lowest BCUT2D eigenvalue weighted by molar-refractivity contribution is 0.0896. The Kier molecular flexibility index (Phi) is 4.79. The highest BCUT2D eigenvalue weighted by molar-refractivity contribution is 5.60. The van der Waals surface area contributed by atoms with Crippen molar-refractivity contribution >= 4 is 12.1 Å². The fourth-order valence-corrected chi connectivity index (χ4v) is 0.254. The van der Waals surface area contributed by atoms with Gasteiger partial charge in [-0.1, -0.05) is 0 Å². The monoisotopic (exact) mass is 142 g/mol. The molecule has 0 aromatic carbocycles. The van der Waals surface area contributed by atoms with Gasteiger partial charge in [-0.15, -0.1) is 0 Å². The van der Waals surface area contributed by atoms with E-state index >= 15 is 0 Å². The minimum atomic E-state index is -0.856. The van der Waals surface area contributed by atoms with Crippen LogP contribution in [0.5, 0.6) is 0 Å². The molecule has 4 nitrogen and oxygen atoms in total. The van der Waals surface area contributed by atoms with E-state index in [1.807, 2.05) is 5.73 Å². The van der Waals surface area contributed by atoms with Gasteiger partial charge in [-0.05, 0) is 6.92 Å². The molecule has 0 saturated heterocycles. The average molecular weight is 142 g/mol. The van der Waals surface area contributed by atoms with Crippen LogP contribution >= 0.6 is 0 Å². The lowest BCUT2D eigenvalue weighted by Crippen LogP contribution is -2.01. The molecular formula is C6H6O4. The van der Waals surface area contributed by atoms with E-state index in [-0.39, 0.29) is 6.61 Å². The van der Waals surface area contributed by atoms with Crippen molar-refractivity contribution in [2.75, 3.05) is 6.61 Å². The van der Waals surface area contributed by atoms with Gasteiger partial charge in [-0.2, -0.15) is 0 Å². The van der Waals surface area contributed by atoms with Gasteiger partial charge in [0.25, 0.3) is 0 Å². The van der Waals surface area contributed by atoms with Gasteiger partial charge in [0.1, 0.15) is 0 Å². The Bertz CT molecular complexity index is 184. The van der Waals surface area contributed by atoms with Gasteiger partial charge in [0, 0.05) is 5.73 Å². The minimum Gasteiger partial charge on any atom is -0.434 e. The smallest absolute Gasteiger partial charge is 0.434 e. The lowest BCUT2D eigenvalue weighted by atomic mass is 10.9. The topological polar surface area (TPSA) is 52.6 Å². The summed E-state index contributed by atoms with van der Waals surface area (Å²) >= 11 is 0. The van der Waals surface area contributed by atoms with E-state index in [0.29, 0.717) is 0 Å². The van der Waals surface area contributed by atoms with Gasteiger partial charge in [0.15, 0.2) is 12.2 Å². The summed E-state index contributed by atoms with van der Waals surface area (Å²) in [5.41, 5.74) is 1.88. The molecule has 0 N–H and O–H groups in total. The van der Waals surface area contributed by atoms with E-state index in [1.54, 1.807) is 6.92 Å². The summed E-state index contributed by atoms with van der Waals surface area (Å²) in [4.78, 5) is 19.7. The second-order valence-corrected chi connectivity index (χ2v) is 1.17. The number of carbonyl (C=O) groups is 1. The zero-order chi connectivity index (χ0) is 7.82. The van der Waals surface area contributed by atoms with Crippen LogP contribution in [-0.4, -0.2) is 18.7 Å². The predicted molar refractivity (Wildman–Crippen MR) is 31.9 cm³/mol. The third-order valence-corrected chi connectivity index (χ3v) is 0.535. The van der Waals surface area contributed by atoms with Crippen molar-refractivity contribution in [2.24, 2.45) is 0 Å². The van der Waals surface area contributed by atoms with Crippen molar-refractivity contribution in [2.45, 2.75) is 6.92 Å². The molecule has 0 radical (unpaired) electrons. The summed E-state index contributed by atoms with van der Waals surface area (Å²) in [6, 6.07) is 0. The normalized spacial score (nSPS) is 6.90. The molecule has 4 heteroatoms. The Hall–Kier alpha value is -1.50. The summed E-state index contributed by atoms with van der Waals surface area (Å²) in [5, 5.41) is 0. The third-order valence-electron chi connectivity index (χ3n) is 0.535. The second kappa shape index (κ2) is 5.63. The molecule has 0 aliphatic carbocycles. The first-order chi connectivity index (χ1) is 4.81. The van der Waals surface area contributed by atoms with Crippen molar-refractivity contribution in [1.29, 1.82) is 0 Å². The molecule has 0 atom stereocenters. The van der Waals surface area contributed by atoms with E-state index in [0.717, 1.165) is 6.26 Å². The van der Waals surface area contributed by atoms with E-state index < -0.39 is 6.16 Å². The quantitative estimate of drug-likeness (QED) is 0.246. The molecule has 0 heterocycles. The van der Waals surface area contributed by atoms with E-state index in [1.165, 1.54) is 5.94 Å². The van der Waals surface area contributed by atoms with Gasteiger partial charge >= 0.3 is 6.16 Å². The maximum Gasteiger partial charge on any atom is 0.513 e. The van der Waals surface area contributed by atoms with Gasteiger partial charge in [0.05, 0.1) is 6.61 Å². The zero-order valence-corrected chi connectivity index (χ0v) is 5.42. The van der Waals surface area contributed by atoms with Gasteiger partial charge in [-0.3, -0.25) is 0 Å². The van der Waals surface area contributed by atoms with Crippen molar-refractivity contribution in [1.82, 2.24) is 0 Å². The Morgan fingerprint density at radius 1 is 1.70 bits per heavy atom. The summed E-state index contributed by atoms with van der Waals surface area (Å²) in [5.74, 6) is 1.28. The highest BCUT2D eigenvalue weighted by atomic mass is 16.7. The molecule has 0 saturated carbocycles. The Balaban J connectivity index is 3.59. The first-order valence-electron chi connectivity index (χ1n) is 2.59. The molecule has 0 rings (SSSR count). The molecule has 10 heavy (non-hydrogen) atoms. The standard InChI is InChI=1S/C6H6O4/c1-2-9-6(8)10-5-3-4-7/h5H,2H2,1H3. The van der Waals surface area contributed by atoms with Crippen molar-refractivity contribution < 1.29 is 19.1 Å². The Labute approximate surface area is 57.7 Å². The Morgan fingerprint density at radius 2 is 2.40 bits per heavy atom. The number of hydrogen-bond donors (Lipinski definition) is 0. The van der Waals surface area contributed by atoms with E-state index in [4.69, 9.17) is 0 Å². The largest absolute Gasteiger partial charge is 0.513 e. The molecule has 0 aromatic heterocycles. The fraction of sp³-hybridized carbons (Fsp3) is 0.333. The highest BCUT2D eigenvalue weighted by Crippen LogP contribution is 1.83. The number of carbonyl (C=O) groups excluding carboxylic acids is 2. The summed E-state index contributed by atoms with van der Waals surface area (Å²) in [7, 11) is 0. The second-order valence-electron chi connectivity index (χ2n) is 1.17. The molecule has 54 valence electrons. The fourth-order valence-electron chi connectivity index (χ4n) is 0.254. The number of ether oxygens (including phenoxy) is 2. The molecular weight excluding hydrogens is 136 g/mol. The minimum absolute atomic E-state index is 0.234. The SMILES string of the molecule is CCOC(=O)OC=C=C=O. The van der Waals surface area contributed by atoms with Gasteiger partial charge < -0.3 is 9.47 Å². The molecule has 0 unspecified atom stereocenters. The van der Waals surface area contributed by atoms with Crippen LogP contribution in [0, 0.1) is 0 Å². The molecule has 0 spiro atoms. The first-order valence-corrected chi connectivity index (χ1v) is 2.59. The van der Waals surface area contributed by atoms with Gasteiger partial charge in [0.2, 0.25) is 0 Å². The lowest BCUT2D eigenvalue weighted by Gasteiger charge is -1.95. The van der Waals surface area contributed by atoms with Crippen LogP contribution in [0.1, 0.15) is 6.92 Å². The maximum atomic E-state index is 10.3. The maximum absolute atomic E-state index is 10.3. The van der Waals surface area contributed by atoms with Crippen LogP contribution in [0.3, 0.4) is 0 Å². The molecule has 0 aliphatic rings. The first kappa shape index (κ1) is 8.50. The summed E-state index contributed by atoms with van der Waals surface area (Å²) < 4.78 is 8.49. The molecule has 0 bridgehead atoms. The number of rotatable bonds is 2. The predicted octanol–water partition coefficient (Wildman–Crippen LogP) is 0.660. The summed E-state index contributed by atoms with van der Waals surface area (Å²) in [6.07, 6.45) is -0.0735. The highest BCUT2D eigenvalue weighted by Gasteiger charge is 1.95. The van der Waals surface area contributed by atoms with E-state index in [9.17, 15) is 9.59 Å². The van der Waals surface area contributed by atoms with Crippen LogP contribution in [0.25, 0.3) is 0 Å². The van der Waals surface area contributed by atoms with Crippen LogP contribution in [0.15, 0.2) is 12.0 Å². The molecule has 0 fully saturated rings. The van der Waals surface area contributed by atoms with Crippen LogP contribution in [-0.2, 0) is 14.3 Å². The number of hydrogen-bond acceptors (Lipinski definition) is 4. The van der Waals surface area contributed by atoms with Gasteiger partial charge in [-0.25, -0.2) is 9.59 Å².